The molecule has 0 bridgehead atoms. The summed E-state index contributed by atoms with van der Waals surface area (Å²) >= 11 is 11.8. The Morgan fingerprint density at radius 1 is 1.44 bits per heavy atom. The molecule has 0 aromatic heterocycles. The Kier molecular flexibility index (Phi) is 4.36. The first-order valence-electron chi connectivity index (χ1n) is 5.07. The van der Waals surface area contributed by atoms with Crippen molar-refractivity contribution in [3.63, 3.8) is 0 Å². The van der Waals surface area contributed by atoms with Gasteiger partial charge in [-0.1, -0.05) is 42.3 Å². The monoisotopic (exact) mass is 260 g/mol. The fraction of sp³-hybridized carbons (Fsp3) is 0.417. The molecule has 88 valence electrons. The number of aliphatic hydroxyl groups is 1. The largest absolute Gasteiger partial charge is 0.382 e. The third kappa shape index (κ3) is 2.97. The summed E-state index contributed by atoms with van der Waals surface area (Å²) in [6.07, 6.45) is 0.476. The summed E-state index contributed by atoms with van der Waals surface area (Å²) in [5.41, 5.74) is -0.654. The van der Waals surface area contributed by atoms with Gasteiger partial charge in [0, 0.05) is 6.42 Å². The number of carbonyl (C=O) groups excluding carboxylic acids is 1. The van der Waals surface area contributed by atoms with Crippen molar-refractivity contribution in [2.45, 2.75) is 32.3 Å². The van der Waals surface area contributed by atoms with Crippen LogP contribution in [0.25, 0.3) is 0 Å². The molecule has 0 amide bonds. The molecule has 0 aliphatic carbocycles. The van der Waals surface area contributed by atoms with Gasteiger partial charge in [-0.2, -0.15) is 0 Å². The third-order valence-electron chi connectivity index (χ3n) is 2.67. The van der Waals surface area contributed by atoms with Gasteiger partial charge in [0.15, 0.2) is 5.78 Å². The average molecular weight is 261 g/mol. The van der Waals surface area contributed by atoms with Gasteiger partial charge in [-0.3, -0.25) is 4.79 Å². The van der Waals surface area contributed by atoms with E-state index >= 15 is 0 Å². The number of ketones is 1. The van der Waals surface area contributed by atoms with Crippen molar-refractivity contribution in [1.29, 1.82) is 0 Å². The normalized spacial score (nSPS) is 14.6. The van der Waals surface area contributed by atoms with Crippen molar-refractivity contribution in [2.24, 2.45) is 0 Å². The second-order valence-corrected chi connectivity index (χ2v) is 4.73. The molecule has 0 fully saturated rings. The zero-order valence-corrected chi connectivity index (χ0v) is 10.8. The van der Waals surface area contributed by atoms with E-state index in [1.54, 1.807) is 25.1 Å². The molecule has 0 aliphatic rings. The highest BCUT2D eigenvalue weighted by molar-refractivity contribution is 6.42. The van der Waals surface area contributed by atoms with Gasteiger partial charge in [0.25, 0.3) is 0 Å². The molecule has 0 radical (unpaired) electrons. The summed E-state index contributed by atoms with van der Waals surface area (Å²) < 4.78 is 0. The van der Waals surface area contributed by atoms with Crippen LogP contribution < -0.4 is 0 Å². The highest BCUT2D eigenvalue weighted by Crippen LogP contribution is 2.27. The van der Waals surface area contributed by atoms with Gasteiger partial charge in [-0.25, -0.2) is 0 Å². The maximum Gasteiger partial charge on any atom is 0.168 e. The Hall–Kier alpha value is -0.570. The number of hydrogen-bond acceptors (Lipinski definition) is 2. The summed E-state index contributed by atoms with van der Waals surface area (Å²) in [5.74, 6) is -0.251. The first-order valence-corrected chi connectivity index (χ1v) is 5.82. The maximum atomic E-state index is 11.8. The molecule has 16 heavy (non-hydrogen) atoms. The van der Waals surface area contributed by atoms with Gasteiger partial charge < -0.3 is 5.11 Å². The smallest absolute Gasteiger partial charge is 0.168 e. The van der Waals surface area contributed by atoms with Crippen LogP contribution >= 0.6 is 23.2 Å². The molecule has 1 unspecified atom stereocenters. The topological polar surface area (TPSA) is 37.3 Å². The number of Topliss-reactive ketones (excluding diaryl/α,β-unsaturated/α-hetero) is 1. The van der Waals surface area contributed by atoms with Crippen molar-refractivity contribution in [2.75, 3.05) is 0 Å². The first kappa shape index (κ1) is 13.5. The first-order chi connectivity index (χ1) is 7.38. The summed E-state index contributed by atoms with van der Waals surface area (Å²) in [7, 11) is 0. The molecule has 1 aromatic rings. The molecule has 0 heterocycles. The van der Waals surface area contributed by atoms with Crippen molar-refractivity contribution >= 4 is 29.0 Å². The summed E-state index contributed by atoms with van der Waals surface area (Å²) in [5, 5.41) is 10.6. The molecule has 0 aliphatic heterocycles. The van der Waals surface area contributed by atoms with Crippen LogP contribution in [-0.2, 0) is 11.2 Å². The number of benzene rings is 1. The predicted molar refractivity (Wildman–Crippen MR) is 66.1 cm³/mol. The lowest BCUT2D eigenvalue weighted by atomic mass is 9.93. The van der Waals surface area contributed by atoms with E-state index in [4.69, 9.17) is 23.2 Å². The Balaban J connectivity index is 2.90. The van der Waals surface area contributed by atoms with Gasteiger partial charge in [0.05, 0.1) is 10.0 Å². The van der Waals surface area contributed by atoms with Gasteiger partial charge >= 0.3 is 0 Å². The molecule has 0 saturated heterocycles. The fourth-order valence-corrected chi connectivity index (χ4v) is 1.63. The molecular formula is C12H14Cl2O2. The Bertz CT molecular complexity index is 400. The van der Waals surface area contributed by atoms with E-state index < -0.39 is 5.60 Å². The summed E-state index contributed by atoms with van der Waals surface area (Å²) in [4.78, 5) is 11.8. The molecule has 1 atom stereocenters. The number of hydrogen-bond donors (Lipinski definition) is 1. The van der Waals surface area contributed by atoms with Crippen LogP contribution in [0.1, 0.15) is 25.8 Å². The van der Waals surface area contributed by atoms with E-state index in [0.29, 0.717) is 22.0 Å². The molecule has 1 rings (SSSR count). The predicted octanol–water partition coefficient (Wildman–Crippen LogP) is 3.27. The Morgan fingerprint density at radius 3 is 2.62 bits per heavy atom. The van der Waals surface area contributed by atoms with E-state index in [0.717, 1.165) is 0 Å². The van der Waals surface area contributed by atoms with Crippen LogP contribution in [-0.4, -0.2) is 16.5 Å². The van der Waals surface area contributed by atoms with Crippen molar-refractivity contribution in [3.05, 3.63) is 33.8 Å². The summed E-state index contributed by atoms with van der Waals surface area (Å²) in [6.45, 7) is 3.27. The standard InChI is InChI=1S/C12H14Cl2O2/c1-3-12(2,16)10(15)7-8-5-4-6-9(13)11(8)14/h4-6,16H,3,7H2,1-2H3. The third-order valence-corrected chi connectivity index (χ3v) is 3.53. The lowest BCUT2D eigenvalue weighted by Crippen LogP contribution is -2.35. The minimum atomic E-state index is -1.30. The van der Waals surface area contributed by atoms with Crippen LogP contribution in [0.4, 0.5) is 0 Å². The molecule has 1 aromatic carbocycles. The lowest BCUT2D eigenvalue weighted by molar-refractivity contribution is -0.135. The van der Waals surface area contributed by atoms with Crippen LogP contribution in [0.5, 0.6) is 0 Å². The van der Waals surface area contributed by atoms with Crippen molar-refractivity contribution in [3.8, 4) is 0 Å². The number of halogens is 2. The van der Waals surface area contributed by atoms with Gasteiger partial charge in [0.1, 0.15) is 5.60 Å². The van der Waals surface area contributed by atoms with Crippen LogP contribution in [0.2, 0.25) is 10.0 Å². The molecule has 1 N–H and O–H groups in total. The van der Waals surface area contributed by atoms with Crippen molar-refractivity contribution < 1.29 is 9.90 Å². The Labute approximate surface area is 105 Å². The second-order valence-electron chi connectivity index (χ2n) is 3.94. The molecule has 4 heteroatoms. The van der Waals surface area contributed by atoms with Gasteiger partial charge in [-0.05, 0) is 25.0 Å². The highest BCUT2D eigenvalue weighted by atomic mass is 35.5. The lowest BCUT2D eigenvalue weighted by Gasteiger charge is -2.19. The minimum Gasteiger partial charge on any atom is -0.382 e. The highest BCUT2D eigenvalue weighted by Gasteiger charge is 2.28. The SMILES string of the molecule is CCC(C)(O)C(=O)Cc1cccc(Cl)c1Cl. The van der Waals surface area contributed by atoms with E-state index in [1.807, 2.05) is 0 Å². The molecular weight excluding hydrogens is 247 g/mol. The van der Waals surface area contributed by atoms with Crippen LogP contribution in [0.3, 0.4) is 0 Å². The van der Waals surface area contributed by atoms with E-state index in [1.165, 1.54) is 6.92 Å². The van der Waals surface area contributed by atoms with Gasteiger partial charge in [-0.15, -0.1) is 0 Å². The van der Waals surface area contributed by atoms with E-state index in [2.05, 4.69) is 0 Å². The van der Waals surface area contributed by atoms with Crippen LogP contribution in [0, 0.1) is 0 Å². The second kappa shape index (κ2) is 5.17. The average Bonchev–Trinajstić information content (AvgIpc) is 2.24. The summed E-state index contributed by atoms with van der Waals surface area (Å²) in [6, 6.07) is 5.13. The van der Waals surface area contributed by atoms with Crippen LogP contribution in [0.15, 0.2) is 18.2 Å². The molecule has 0 saturated carbocycles. The van der Waals surface area contributed by atoms with E-state index in [9.17, 15) is 9.90 Å². The fourth-order valence-electron chi connectivity index (χ4n) is 1.25. The molecule has 0 spiro atoms. The molecule has 2 nitrogen and oxygen atoms in total. The van der Waals surface area contributed by atoms with Gasteiger partial charge in [0.2, 0.25) is 0 Å². The zero-order chi connectivity index (χ0) is 12.3. The number of carbonyl (C=O) groups is 1. The van der Waals surface area contributed by atoms with E-state index in [-0.39, 0.29) is 12.2 Å². The quantitative estimate of drug-likeness (QED) is 0.903. The minimum absolute atomic E-state index is 0.0975. The maximum absolute atomic E-state index is 11.8. The zero-order valence-electron chi connectivity index (χ0n) is 9.26. The number of rotatable bonds is 4. The Morgan fingerprint density at radius 2 is 2.06 bits per heavy atom. The van der Waals surface area contributed by atoms with Crippen molar-refractivity contribution in [1.82, 2.24) is 0 Å².